The smallest absolute Gasteiger partial charge is 0.0541 e. The molecular weight excluding hydrogens is 941 g/mol. The lowest BCUT2D eigenvalue weighted by atomic mass is 9.70. The molecule has 0 saturated carbocycles. The molecule has 2 nitrogen and oxygen atoms in total. The molecule has 0 amide bonds. The molecule has 0 radical (unpaired) electrons. The Morgan fingerprint density at radius 2 is 0.846 bits per heavy atom. The molecule has 0 atom stereocenters. The van der Waals surface area contributed by atoms with E-state index in [9.17, 15) is 0 Å². The molecule has 2 heteroatoms. The maximum absolute atomic E-state index is 3.77. The van der Waals surface area contributed by atoms with E-state index < -0.39 is 0 Å². The van der Waals surface area contributed by atoms with Gasteiger partial charge in [0.1, 0.15) is 0 Å². The second-order valence-corrected chi connectivity index (χ2v) is 26.1. The Labute approximate surface area is 468 Å². The average molecular weight is 1030 g/mol. The van der Waals surface area contributed by atoms with Crippen molar-refractivity contribution in [2.75, 3.05) is 5.32 Å². The van der Waals surface area contributed by atoms with Crippen LogP contribution in [-0.4, -0.2) is 4.57 Å². The third-order valence-electron chi connectivity index (χ3n) is 18.3. The number of unbranched alkanes of at least 4 members (excludes halogenated alkanes) is 10. The van der Waals surface area contributed by atoms with Crippen LogP contribution >= 0.6 is 0 Å². The van der Waals surface area contributed by atoms with Crippen molar-refractivity contribution in [2.45, 2.75) is 181 Å². The molecule has 1 heterocycles. The first-order valence-electron chi connectivity index (χ1n) is 30.2. The fourth-order valence-corrected chi connectivity index (χ4v) is 13.7. The number of nitrogens with one attached hydrogen (secondary N) is 1. The number of aromatic nitrogens is 1. The molecule has 2 aliphatic carbocycles. The molecule has 0 aliphatic heterocycles. The van der Waals surface area contributed by atoms with E-state index in [1.54, 1.807) is 11.1 Å². The maximum atomic E-state index is 3.77. The average Bonchev–Trinajstić information content (AvgIpc) is 4.24. The number of rotatable bonds is 19. The Morgan fingerprint density at radius 1 is 0.385 bits per heavy atom. The summed E-state index contributed by atoms with van der Waals surface area (Å²) in [5, 5.41) is 6.38. The van der Waals surface area contributed by atoms with Gasteiger partial charge >= 0.3 is 0 Å². The van der Waals surface area contributed by atoms with E-state index in [4.69, 9.17) is 0 Å². The summed E-state index contributed by atoms with van der Waals surface area (Å²) in [5.74, 6) is 0. The van der Waals surface area contributed by atoms with Crippen molar-refractivity contribution in [3.8, 4) is 50.2 Å². The number of nitrogens with zero attached hydrogens (tertiary/aromatic N) is 1. The van der Waals surface area contributed by atoms with Gasteiger partial charge in [-0.3, -0.25) is 0 Å². The Balaban J connectivity index is 0.846. The normalized spacial score (nSPS) is 14.2. The van der Waals surface area contributed by atoms with Gasteiger partial charge in [-0.15, -0.1) is 0 Å². The summed E-state index contributed by atoms with van der Waals surface area (Å²) < 4.78 is 2.44. The molecule has 1 N–H and O–H groups in total. The third-order valence-corrected chi connectivity index (χ3v) is 18.3. The van der Waals surface area contributed by atoms with E-state index >= 15 is 0 Å². The van der Waals surface area contributed by atoms with Crippen molar-refractivity contribution in [3.05, 3.63) is 197 Å². The monoisotopic (exact) mass is 1030 g/mol. The van der Waals surface area contributed by atoms with Gasteiger partial charge in [0.05, 0.1) is 11.0 Å². The van der Waals surface area contributed by atoms with Gasteiger partial charge in [0.2, 0.25) is 0 Å². The summed E-state index contributed by atoms with van der Waals surface area (Å²) in [6.07, 6.45) is 18.5. The Bertz CT molecular complexity index is 3530. The van der Waals surface area contributed by atoms with Crippen LogP contribution in [0.1, 0.15) is 193 Å². The topological polar surface area (TPSA) is 17.0 Å². The molecule has 0 spiro atoms. The van der Waals surface area contributed by atoms with Crippen LogP contribution in [0.3, 0.4) is 0 Å². The Morgan fingerprint density at radius 3 is 1.38 bits per heavy atom. The van der Waals surface area contributed by atoms with Crippen LogP contribution in [0.5, 0.6) is 0 Å². The number of benzene rings is 8. The molecule has 8 aromatic carbocycles. The number of hydrogen-bond acceptors (Lipinski definition) is 1. The lowest BCUT2D eigenvalue weighted by Crippen LogP contribution is -2.25. The highest BCUT2D eigenvalue weighted by Crippen LogP contribution is 2.56. The van der Waals surface area contributed by atoms with Crippen LogP contribution in [0.4, 0.5) is 11.4 Å². The first-order valence-corrected chi connectivity index (χ1v) is 30.2. The fraction of sp³-hybridized carbons (Fsp3) is 0.368. The predicted molar refractivity (Wildman–Crippen MR) is 339 cm³/mol. The highest BCUT2D eigenvalue weighted by molar-refractivity contribution is 6.10. The molecular formula is C76H86N2. The molecule has 0 fully saturated rings. The molecule has 78 heavy (non-hydrogen) atoms. The second-order valence-electron chi connectivity index (χ2n) is 26.1. The quantitative estimate of drug-likeness (QED) is 0.0799. The van der Waals surface area contributed by atoms with Crippen LogP contribution in [0.25, 0.3) is 72.0 Å². The summed E-state index contributed by atoms with van der Waals surface area (Å²) >= 11 is 0. The van der Waals surface area contributed by atoms with Crippen LogP contribution in [0.2, 0.25) is 0 Å². The number of hydrogen-bond donors (Lipinski definition) is 1. The summed E-state index contributed by atoms with van der Waals surface area (Å²) in [6.45, 7) is 23.4. The van der Waals surface area contributed by atoms with Crippen LogP contribution in [-0.2, 0) is 21.7 Å². The lowest BCUT2D eigenvalue weighted by Gasteiger charge is -2.33. The van der Waals surface area contributed by atoms with E-state index in [-0.39, 0.29) is 21.7 Å². The van der Waals surface area contributed by atoms with Gasteiger partial charge in [-0.25, -0.2) is 0 Å². The first kappa shape index (κ1) is 53.4. The number of anilines is 2. The molecule has 0 bridgehead atoms. The van der Waals surface area contributed by atoms with Crippen LogP contribution in [0, 0.1) is 0 Å². The predicted octanol–water partition coefficient (Wildman–Crippen LogP) is 22.5. The van der Waals surface area contributed by atoms with E-state index in [1.165, 1.54) is 178 Å². The van der Waals surface area contributed by atoms with Crippen molar-refractivity contribution < 1.29 is 0 Å². The van der Waals surface area contributed by atoms with Crippen molar-refractivity contribution >= 4 is 33.2 Å². The fourth-order valence-electron chi connectivity index (χ4n) is 13.7. The first-order chi connectivity index (χ1) is 37.6. The lowest BCUT2D eigenvalue weighted by molar-refractivity contribution is 0.398. The van der Waals surface area contributed by atoms with E-state index in [0.29, 0.717) is 0 Å². The minimum absolute atomic E-state index is 0.0596. The molecule has 0 unspecified atom stereocenters. The minimum Gasteiger partial charge on any atom is -0.355 e. The van der Waals surface area contributed by atoms with E-state index in [1.807, 2.05) is 0 Å². The zero-order valence-electron chi connectivity index (χ0n) is 48.9. The van der Waals surface area contributed by atoms with Crippen LogP contribution < -0.4 is 5.32 Å². The highest BCUT2D eigenvalue weighted by atomic mass is 15.0. The largest absolute Gasteiger partial charge is 0.355 e. The van der Waals surface area contributed by atoms with E-state index in [0.717, 1.165) is 17.1 Å². The molecule has 9 aromatic rings. The minimum atomic E-state index is -0.143. The van der Waals surface area contributed by atoms with Crippen molar-refractivity contribution in [3.63, 3.8) is 0 Å². The zero-order valence-corrected chi connectivity index (χ0v) is 48.9. The van der Waals surface area contributed by atoms with Gasteiger partial charge < -0.3 is 9.88 Å². The Kier molecular flexibility index (Phi) is 14.7. The van der Waals surface area contributed by atoms with Gasteiger partial charge in [0.15, 0.2) is 0 Å². The van der Waals surface area contributed by atoms with E-state index in [2.05, 4.69) is 243 Å². The SMILES string of the molecule is CCCCCCCCC1(CCCCCCCC)c2ccccc2-c2ccc(-c3ccc4c(c3)C(C)(C)c3cc(-c5ccc(Nc6cccc(-n7c8ccc(C(C)(C)C)cc8c8cc(C(C)(C)C)ccc87)c6)cc5)ccc3-4)cc21. The molecule has 400 valence electrons. The molecule has 1 aromatic heterocycles. The summed E-state index contributed by atoms with van der Waals surface area (Å²) in [5.41, 5.74) is 25.3. The van der Waals surface area contributed by atoms with Crippen molar-refractivity contribution in [1.82, 2.24) is 4.57 Å². The number of fused-ring (bicyclic) bond motifs is 9. The van der Waals surface area contributed by atoms with Gasteiger partial charge in [-0.1, -0.05) is 237 Å². The summed E-state index contributed by atoms with van der Waals surface area (Å²) in [7, 11) is 0. The summed E-state index contributed by atoms with van der Waals surface area (Å²) in [4.78, 5) is 0. The second kappa shape index (κ2) is 21.5. The summed E-state index contributed by atoms with van der Waals surface area (Å²) in [6, 6.07) is 63.5. The molecule has 11 rings (SSSR count). The van der Waals surface area contributed by atoms with Gasteiger partial charge in [0, 0.05) is 38.7 Å². The molecule has 2 aliphatic rings. The highest BCUT2D eigenvalue weighted by Gasteiger charge is 2.43. The molecule has 0 saturated heterocycles. The maximum Gasteiger partial charge on any atom is 0.0541 e. The van der Waals surface area contributed by atoms with Gasteiger partial charge in [-0.2, -0.15) is 0 Å². The van der Waals surface area contributed by atoms with Crippen molar-refractivity contribution in [2.24, 2.45) is 0 Å². The van der Waals surface area contributed by atoms with Gasteiger partial charge in [-0.05, 0) is 174 Å². The standard InChI is InChI=1S/C76H86N2/c1-11-13-15-17-19-23-44-76(45-24-20-18-16-14-12-2)67-29-22-21-28-61(67)64-41-34-55(48-70(64)76)54-33-40-63-62-39-32-53(46-68(62)75(9,10)69(63)47-54)52-30-37-58(38-31-52)77-59-26-25-27-60(51-59)78-71-42-35-56(73(3,4)5)49-65(71)66-50-57(74(6,7)8)36-43-72(66)78/h21-22,25-43,46-51,77H,11-20,23-24,44-45H2,1-10H3. The van der Waals surface area contributed by atoms with Crippen LogP contribution in [0.15, 0.2) is 164 Å². The third kappa shape index (κ3) is 10.1. The van der Waals surface area contributed by atoms with Crippen molar-refractivity contribution in [1.29, 1.82) is 0 Å². The zero-order chi connectivity index (χ0) is 54.4. The van der Waals surface area contributed by atoms with Gasteiger partial charge in [0.25, 0.3) is 0 Å². The Hall–Kier alpha value is -6.64.